The topological polar surface area (TPSA) is 89.1 Å². The Kier molecular flexibility index (Phi) is 5.78. The minimum absolute atomic E-state index is 0.0467. The summed E-state index contributed by atoms with van der Waals surface area (Å²) in [5.74, 6) is -0.0467. The lowest BCUT2D eigenvalue weighted by atomic mass is 10.0. The molecule has 0 saturated carbocycles. The monoisotopic (exact) mass is 344 g/mol. The van der Waals surface area contributed by atoms with Crippen molar-refractivity contribution >= 4 is 5.91 Å². The average molecular weight is 344 g/mol. The summed E-state index contributed by atoms with van der Waals surface area (Å²) in [5, 5.41) is 10.1. The molecule has 0 unspecified atom stereocenters. The van der Waals surface area contributed by atoms with Gasteiger partial charge in [-0.2, -0.15) is 5.10 Å². The van der Waals surface area contributed by atoms with Gasteiger partial charge in [0.1, 0.15) is 0 Å². The first kappa shape index (κ1) is 17.6. The van der Waals surface area contributed by atoms with Crippen LogP contribution in [0.25, 0.3) is 0 Å². The number of carbonyl (C=O) groups is 1. The third-order valence-corrected chi connectivity index (χ3v) is 4.43. The maximum Gasteiger partial charge on any atom is 0.224 e. The van der Waals surface area contributed by atoms with Gasteiger partial charge in [-0.3, -0.25) is 14.9 Å². The lowest BCUT2D eigenvalue weighted by molar-refractivity contribution is -0.126. The van der Waals surface area contributed by atoms with Crippen LogP contribution in [-0.2, 0) is 27.3 Å². The highest BCUT2D eigenvalue weighted by atomic mass is 16.5. The number of amides is 1. The molecule has 3 heterocycles. The van der Waals surface area contributed by atoms with Gasteiger partial charge < -0.3 is 14.8 Å². The predicted molar refractivity (Wildman–Crippen MR) is 91.9 cm³/mol. The number of carbonyl (C=O) groups excluding carboxylic acids is 1. The molecule has 7 nitrogen and oxygen atoms in total. The number of pyridine rings is 1. The minimum atomic E-state index is -0.155. The van der Waals surface area contributed by atoms with E-state index in [0.29, 0.717) is 26.2 Å². The Morgan fingerprint density at radius 1 is 1.44 bits per heavy atom. The Hall–Kier alpha value is -2.25. The third-order valence-electron chi connectivity index (χ3n) is 4.43. The average Bonchev–Trinajstić information content (AvgIpc) is 2.94. The molecule has 1 aliphatic rings. The lowest BCUT2D eigenvalue weighted by Crippen LogP contribution is -2.51. The summed E-state index contributed by atoms with van der Waals surface area (Å²) < 4.78 is 11.5. The molecular weight excluding hydrogens is 320 g/mol. The normalized spacial score (nSPS) is 20.4. The number of ether oxygens (including phenoxy) is 2. The molecule has 1 fully saturated rings. The maximum absolute atomic E-state index is 12.4. The first-order chi connectivity index (χ1) is 12.1. The number of aromatic nitrogens is 3. The summed E-state index contributed by atoms with van der Waals surface area (Å²) in [4.78, 5) is 16.7. The van der Waals surface area contributed by atoms with Crippen molar-refractivity contribution < 1.29 is 14.3 Å². The van der Waals surface area contributed by atoms with Gasteiger partial charge in [-0.1, -0.05) is 6.07 Å². The number of rotatable bonds is 6. The SMILES string of the molecule is Cc1n[nH]c(C)c1CC(=O)N[C@@H]1COCC[C@H]1OCc1ccccn1. The molecule has 2 aromatic rings. The van der Waals surface area contributed by atoms with Crippen LogP contribution in [0.3, 0.4) is 0 Å². The predicted octanol–water partition coefficient (Wildman–Crippen LogP) is 1.45. The van der Waals surface area contributed by atoms with Gasteiger partial charge in [-0.25, -0.2) is 0 Å². The quantitative estimate of drug-likeness (QED) is 0.828. The zero-order valence-electron chi connectivity index (χ0n) is 14.6. The van der Waals surface area contributed by atoms with E-state index in [1.165, 1.54) is 0 Å². The zero-order valence-corrected chi connectivity index (χ0v) is 14.6. The Bertz CT molecular complexity index is 682. The van der Waals surface area contributed by atoms with Crippen molar-refractivity contribution in [3.63, 3.8) is 0 Å². The van der Waals surface area contributed by atoms with E-state index in [1.807, 2.05) is 32.0 Å². The van der Waals surface area contributed by atoms with Crippen molar-refractivity contribution in [1.82, 2.24) is 20.5 Å². The van der Waals surface area contributed by atoms with Crippen molar-refractivity contribution in [2.24, 2.45) is 0 Å². The molecule has 1 aliphatic heterocycles. The highest BCUT2D eigenvalue weighted by Crippen LogP contribution is 2.15. The van der Waals surface area contributed by atoms with Gasteiger partial charge in [-0.15, -0.1) is 0 Å². The Labute approximate surface area is 147 Å². The number of nitrogens with zero attached hydrogens (tertiary/aromatic N) is 2. The molecule has 2 atom stereocenters. The van der Waals surface area contributed by atoms with Crippen LogP contribution in [0.1, 0.15) is 29.1 Å². The summed E-state index contributed by atoms with van der Waals surface area (Å²) in [6.07, 6.45) is 2.72. The van der Waals surface area contributed by atoms with E-state index in [-0.39, 0.29) is 18.1 Å². The van der Waals surface area contributed by atoms with E-state index in [0.717, 1.165) is 29.1 Å². The van der Waals surface area contributed by atoms with Gasteiger partial charge in [0.15, 0.2) is 0 Å². The van der Waals surface area contributed by atoms with Crippen molar-refractivity contribution in [3.05, 3.63) is 47.0 Å². The van der Waals surface area contributed by atoms with Gasteiger partial charge in [0.05, 0.1) is 43.2 Å². The molecule has 2 N–H and O–H groups in total. The fourth-order valence-corrected chi connectivity index (χ4v) is 2.98. The van der Waals surface area contributed by atoms with Crippen molar-refractivity contribution in [2.75, 3.05) is 13.2 Å². The van der Waals surface area contributed by atoms with Crippen LogP contribution >= 0.6 is 0 Å². The van der Waals surface area contributed by atoms with E-state index in [4.69, 9.17) is 9.47 Å². The second-order valence-corrected chi connectivity index (χ2v) is 6.30. The molecule has 0 aliphatic carbocycles. The molecule has 3 rings (SSSR count). The molecule has 25 heavy (non-hydrogen) atoms. The van der Waals surface area contributed by atoms with Crippen LogP contribution in [0, 0.1) is 13.8 Å². The second kappa shape index (κ2) is 8.22. The molecule has 0 radical (unpaired) electrons. The highest BCUT2D eigenvalue weighted by molar-refractivity contribution is 5.79. The molecule has 1 amide bonds. The van der Waals surface area contributed by atoms with Crippen molar-refractivity contribution in [3.8, 4) is 0 Å². The van der Waals surface area contributed by atoms with Crippen LogP contribution < -0.4 is 5.32 Å². The van der Waals surface area contributed by atoms with E-state index in [9.17, 15) is 4.79 Å². The summed E-state index contributed by atoms with van der Waals surface area (Å²) in [7, 11) is 0. The fourth-order valence-electron chi connectivity index (χ4n) is 2.98. The van der Waals surface area contributed by atoms with E-state index < -0.39 is 0 Å². The van der Waals surface area contributed by atoms with E-state index in [1.54, 1.807) is 6.20 Å². The molecule has 7 heteroatoms. The summed E-state index contributed by atoms with van der Waals surface area (Å²) in [6, 6.07) is 5.58. The fraction of sp³-hybridized carbons (Fsp3) is 0.500. The largest absolute Gasteiger partial charge is 0.379 e. The molecule has 0 spiro atoms. The number of aryl methyl sites for hydroxylation is 2. The highest BCUT2D eigenvalue weighted by Gasteiger charge is 2.28. The Morgan fingerprint density at radius 2 is 2.32 bits per heavy atom. The van der Waals surface area contributed by atoms with Crippen LogP contribution in [0.5, 0.6) is 0 Å². The van der Waals surface area contributed by atoms with Crippen LogP contribution in [0.2, 0.25) is 0 Å². The number of H-pyrrole nitrogens is 1. The van der Waals surface area contributed by atoms with Crippen molar-refractivity contribution in [2.45, 2.75) is 45.4 Å². The number of hydrogen-bond donors (Lipinski definition) is 2. The van der Waals surface area contributed by atoms with Gasteiger partial charge in [0, 0.05) is 24.1 Å². The molecule has 0 bridgehead atoms. The number of hydrogen-bond acceptors (Lipinski definition) is 5. The van der Waals surface area contributed by atoms with E-state index in [2.05, 4.69) is 20.5 Å². The van der Waals surface area contributed by atoms with E-state index >= 15 is 0 Å². The Balaban J connectivity index is 1.56. The summed E-state index contributed by atoms with van der Waals surface area (Å²) in [6.45, 7) is 5.35. The van der Waals surface area contributed by atoms with Gasteiger partial charge in [0.25, 0.3) is 0 Å². The van der Waals surface area contributed by atoms with Crippen LogP contribution in [-0.4, -0.2) is 46.4 Å². The first-order valence-corrected chi connectivity index (χ1v) is 8.52. The minimum Gasteiger partial charge on any atom is -0.379 e. The van der Waals surface area contributed by atoms with Crippen LogP contribution in [0.15, 0.2) is 24.4 Å². The standard InChI is InChI=1S/C18H24N4O3/c1-12-15(13(2)22-21-12)9-18(23)20-16-11-24-8-6-17(16)25-10-14-5-3-4-7-19-14/h3-5,7,16-17H,6,8-11H2,1-2H3,(H,20,23)(H,21,22)/t16-,17-/m1/s1. The summed E-state index contributed by atoms with van der Waals surface area (Å²) in [5.41, 5.74) is 3.61. The van der Waals surface area contributed by atoms with Gasteiger partial charge in [0.2, 0.25) is 5.91 Å². The molecule has 0 aromatic carbocycles. The zero-order chi connectivity index (χ0) is 17.6. The number of nitrogens with one attached hydrogen (secondary N) is 2. The first-order valence-electron chi connectivity index (χ1n) is 8.52. The third kappa shape index (κ3) is 4.64. The molecule has 2 aromatic heterocycles. The summed E-state index contributed by atoms with van der Waals surface area (Å²) >= 11 is 0. The van der Waals surface area contributed by atoms with Crippen molar-refractivity contribution in [1.29, 1.82) is 0 Å². The van der Waals surface area contributed by atoms with Crippen LogP contribution in [0.4, 0.5) is 0 Å². The van der Waals surface area contributed by atoms with Gasteiger partial charge >= 0.3 is 0 Å². The lowest BCUT2D eigenvalue weighted by Gasteiger charge is -2.32. The second-order valence-electron chi connectivity index (χ2n) is 6.30. The Morgan fingerprint density at radius 3 is 3.04 bits per heavy atom. The maximum atomic E-state index is 12.4. The molecular formula is C18H24N4O3. The molecule has 134 valence electrons. The van der Waals surface area contributed by atoms with Gasteiger partial charge in [-0.05, 0) is 32.4 Å². The smallest absolute Gasteiger partial charge is 0.224 e. The number of aromatic amines is 1. The molecule has 1 saturated heterocycles.